The lowest BCUT2D eigenvalue weighted by Crippen LogP contribution is -2.33. The molecule has 0 spiro atoms. The molecule has 6 heteroatoms. The summed E-state index contributed by atoms with van der Waals surface area (Å²) < 4.78 is 1.77. The summed E-state index contributed by atoms with van der Waals surface area (Å²) in [6, 6.07) is 18.0. The summed E-state index contributed by atoms with van der Waals surface area (Å²) in [5, 5.41) is 4.58. The zero-order valence-electron chi connectivity index (χ0n) is 17.4. The number of aryl methyl sites for hydroxylation is 1. The Balaban J connectivity index is 1.91. The summed E-state index contributed by atoms with van der Waals surface area (Å²) in [5.41, 5.74) is 8.88. The molecule has 0 aliphatic carbocycles. The zero-order valence-corrected chi connectivity index (χ0v) is 17.4. The Kier molecular flexibility index (Phi) is 6.77. The molecule has 6 nitrogen and oxygen atoms in total. The number of carbonyl (C=O) groups excluding carboxylic acids is 1. The van der Waals surface area contributed by atoms with Crippen molar-refractivity contribution < 1.29 is 4.79 Å². The second-order valence-corrected chi connectivity index (χ2v) is 7.46. The van der Waals surface area contributed by atoms with Gasteiger partial charge in [0.15, 0.2) is 0 Å². The third-order valence-corrected chi connectivity index (χ3v) is 4.88. The van der Waals surface area contributed by atoms with E-state index in [0.717, 1.165) is 17.7 Å². The van der Waals surface area contributed by atoms with Crippen LogP contribution >= 0.6 is 0 Å². The van der Waals surface area contributed by atoms with E-state index in [9.17, 15) is 4.79 Å². The standard InChI is InChI=1S/C23H29N5O/c1-17(2)20-12-7-8-13-21(20)28-18(3)25-22(26-28)23(29)27(15-9-14-24)16-19-10-5-4-6-11-19/h4-8,10-13,17H,9,14-16,24H2,1-3H3. The van der Waals surface area contributed by atoms with Crippen molar-refractivity contribution in [2.45, 2.75) is 39.7 Å². The molecule has 3 aromatic rings. The summed E-state index contributed by atoms with van der Waals surface area (Å²) in [6.45, 7) is 7.77. The van der Waals surface area contributed by atoms with E-state index in [-0.39, 0.29) is 11.7 Å². The highest BCUT2D eigenvalue weighted by Gasteiger charge is 2.22. The zero-order chi connectivity index (χ0) is 20.8. The van der Waals surface area contributed by atoms with Gasteiger partial charge in [0.1, 0.15) is 5.82 Å². The molecule has 2 aromatic carbocycles. The van der Waals surface area contributed by atoms with Gasteiger partial charge in [-0.05, 0) is 43.0 Å². The van der Waals surface area contributed by atoms with E-state index in [4.69, 9.17) is 5.73 Å². The van der Waals surface area contributed by atoms with Gasteiger partial charge < -0.3 is 10.6 Å². The Labute approximate surface area is 172 Å². The van der Waals surface area contributed by atoms with Crippen molar-refractivity contribution >= 4 is 5.91 Å². The van der Waals surface area contributed by atoms with Crippen LogP contribution < -0.4 is 5.73 Å². The van der Waals surface area contributed by atoms with Gasteiger partial charge in [-0.1, -0.05) is 62.4 Å². The van der Waals surface area contributed by atoms with E-state index in [2.05, 4.69) is 30.0 Å². The van der Waals surface area contributed by atoms with Crippen molar-refractivity contribution in [2.75, 3.05) is 13.1 Å². The molecule has 2 N–H and O–H groups in total. The predicted molar refractivity (Wildman–Crippen MR) is 115 cm³/mol. The number of nitrogens with two attached hydrogens (primary N) is 1. The summed E-state index contributed by atoms with van der Waals surface area (Å²) in [4.78, 5) is 19.5. The topological polar surface area (TPSA) is 77.0 Å². The molecule has 0 unspecified atom stereocenters. The average Bonchev–Trinajstić information content (AvgIpc) is 3.12. The fourth-order valence-corrected chi connectivity index (χ4v) is 3.36. The first-order valence-corrected chi connectivity index (χ1v) is 10.1. The molecule has 0 saturated heterocycles. The first-order chi connectivity index (χ1) is 14.0. The van der Waals surface area contributed by atoms with Crippen molar-refractivity contribution in [1.82, 2.24) is 19.7 Å². The van der Waals surface area contributed by atoms with E-state index in [1.54, 1.807) is 9.58 Å². The van der Waals surface area contributed by atoms with Crippen molar-refractivity contribution in [3.05, 3.63) is 77.4 Å². The van der Waals surface area contributed by atoms with Crippen LogP contribution in [0.2, 0.25) is 0 Å². The van der Waals surface area contributed by atoms with E-state index < -0.39 is 0 Å². The predicted octanol–water partition coefficient (Wildman–Crippen LogP) is 3.69. The van der Waals surface area contributed by atoms with Gasteiger partial charge in [0, 0.05) is 13.1 Å². The molecule has 152 valence electrons. The molecule has 0 radical (unpaired) electrons. The molecule has 3 rings (SSSR count). The molecule has 29 heavy (non-hydrogen) atoms. The molecular weight excluding hydrogens is 362 g/mol. The van der Waals surface area contributed by atoms with Crippen molar-refractivity contribution in [2.24, 2.45) is 5.73 Å². The average molecular weight is 392 g/mol. The number of aromatic nitrogens is 3. The Morgan fingerprint density at radius 1 is 1.10 bits per heavy atom. The van der Waals surface area contributed by atoms with Crippen LogP contribution in [0.15, 0.2) is 54.6 Å². The SMILES string of the molecule is Cc1nc(C(=O)N(CCCN)Cc2ccccc2)nn1-c1ccccc1C(C)C. The van der Waals surface area contributed by atoms with Crippen LogP contribution in [-0.4, -0.2) is 38.7 Å². The maximum atomic E-state index is 13.2. The molecule has 0 aliphatic heterocycles. The van der Waals surface area contributed by atoms with Crippen LogP contribution in [0.5, 0.6) is 0 Å². The van der Waals surface area contributed by atoms with E-state index in [1.807, 2.05) is 55.5 Å². The molecule has 0 bridgehead atoms. The second kappa shape index (κ2) is 9.47. The van der Waals surface area contributed by atoms with Crippen LogP contribution in [0.1, 0.15) is 53.8 Å². The van der Waals surface area contributed by atoms with Gasteiger partial charge >= 0.3 is 0 Å². The minimum Gasteiger partial charge on any atom is -0.331 e. The molecule has 1 amide bonds. The monoisotopic (exact) mass is 391 g/mol. The van der Waals surface area contributed by atoms with Crippen molar-refractivity contribution in [3.63, 3.8) is 0 Å². The molecule has 0 fully saturated rings. The van der Waals surface area contributed by atoms with Gasteiger partial charge in [0.2, 0.25) is 5.82 Å². The lowest BCUT2D eigenvalue weighted by molar-refractivity contribution is 0.0730. The number of nitrogens with zero attached hydrogens (tertiary/aromatic N) is 4. The molecule has 1 heterocycles. The fraction of sp³-hybridized carbons (Fsp3) is 0.348. The summed E-state index contributed by atoms with van der Waals surface area (Å²) in [6.07, 6.45) is 0.731. The smallest absolute Gasteiger partial charge is 0.293 e. The summed E-state index contributed by atoms with van der Waals surface area (Å²) in [7, 11) is 0. The first-order valence-electron chi connectivity index (χ1n) is 10.1. The van der Waals surface area contributed by atoms with Gasteiger partial charge in [-0.25, -0.2) is 9.67 Å². The summed E-state index contributed by atoms with van der Waals surface area (Å²) >= 11 is 0. The Bertz CT molecular complexity index is 949. The van der Waals surface area contributed by atoms with Crippen molar-refractivity contribution in [3.8, 4) is 5.69 Å². The van der Waals surface area contributed by atoms with Gasteiger partial charge in [-0.3, -0.25) is 4.79 Å². The minimum atomic E-state index is -0.175. The van der Waals surface area contributed by atoms with Gasteiger partial charge in [-0.15, -0.1) is 5.10 Å². The largest absolute Gasteiger partial charge is 0.331 e. The number of para-hydroxylation sites is 1. The number of hydrogen-bond acceptors (Lipinski definition) is 4. The molecule has 1 aromatic heterocycles. The first kappa shape index (κ1) is 20.7. The number of benzene rings is 2. The van der Waals surface area contributed by atoms with Crippen LogP contribution in [-0.2, 0) is 6.54 Å². The van der Waals surface area contributed by atoms with Crippen LogP contribution in [0.25, 0.3) is 5.69 Å². The van der Waals surface area contributed by atoms with Crippen molar-refractivity contribution in [1.29, 1.82) is 0 Å². The maximum Gasteiger partial charge on any atom is 0.293 e. The normalized spacial score (nSPS) is 11.1. The molecule has 0 atom stereocenters. The fourth-order valence-electron chi connectivity index (χ4n) is 3.36. The van der Waals surface area contributed by atoms with E-state index >= 15 is 0 Å². The number of rotatable bonds is 8. The minimum absolute atomic E-state index is 0.175. The van der Waals surface area contributed by atoms with Crippen LogP contribution in [0, 0.1) is 6.92 Å². The number of carbonyl (C=O) groups is 1. The maximum absolute atomic E-state index is 13.2. The Morgan fingerprint density at radius 3 is 2.48 bits per heavy atom. The van der Waals surface area contributed by atoms with Crippen LogP contribution in [0.4, 0.5) is 0 Å². The lowest BCUT2D eigenvalue weighted by atomic mass is 10.0. The number of hydrogen-bond donors (Lipinski definition) is 1. The lowest BCUT2D eigenvalue weighted by Gasteiger charge is -2.21. The highest BCUT2D eigenvalue weighted by molar-refractivity contribution is 5.90. The summed E-state index contributed by atoms with van der Waals surface area (Å²) in [5.74, 6) is 1.08. The van der Waals surface area contributed by atoms with Gasteiger partial charge in [-0.2, -0.15) is 0 Å². The van der Waals surface area contributed by atoms with E-state index in [0.29, 0.717) is 31.4 Å². The molecular formula is C23H29N5O. The third kappa shape index (κ3) is 4.90. The quantitative estimate of drug-likeness (QED) is 0.635. The highest BCUT2D eigenvalue weighted by atomic mass is 16.2. The molecule has 0 saturated carbocycles. The van der Waals surface area contributed by atoms with E-state index in [1.165, 1.54) is 5.56 Å². The van der Waals surface area contributed by atoms with Crippen LogP contribution in [0.3, 0.4) is 0 Å². The highest BCUT2D eigenvalue weighted by Crippen LogP contribution is 2.23. The second-order valence-electron chi connectivity index (χ2n) is 7.46. The van der Waals surface area contributed by atoms with Gasteiger partial charge in [0.05, 0.1) is 5.69 Å². The third-order valence-electron chi connectivity index (χ3n) is 4.88. The Morgan fingerprint density at radius 2 is 1.79 bits per heavy atom. The van der Waals surface area contributed by atoms with Gasteiger partial charge in [0.25, 0.3) is 5.91 Å². The molecule has 0 aliphatic rings. The Hall–Kier alpha value is -2.99. The number of amides is 1.